The standard InChI is InChI=1S/C20H25N5O3/c1-12-7-8-16(10-21-12)27-11-17-9-18(23-28-17)20(26)24(5)14(3)19-13(2)22-25(6)15(19)4/h7-10,14H,11H2,1-6H3/t14-/m0/s1. The molecule has 1 atom stereocenters. The molecule has 0 unspecified atom stereocenters. The zero-order valence-corrected chi connectivity index (χ0v) is 17.1. The Morgan fingerprint density at radius 2 is 2.07 bits per heavy atom. The van der Waals surface area contributed by atoms with Crippen LogP contribution in [-0.4, -0.2) is 37.8 Å². The Hall–Kier alpha value is -3.16. The Morgan fingerprint density at radius 1 is 1.32 bits per heavy atom. The number of rotatable bonds is 6. The van der Waals surface area contributed by atoms with Crippen molar-refractivity contribution in [3.05, 3.63) is 58.5 Å². The molecule has 0 saturated carbocycles. The second-order valence-electron chi connectivity index (χ2n) is 6.90. The van der Waals surface area contributed by atoms with Crippen molar-refractivity contribution in [1.82, 2.24) is 24.8 Å². The summed E-state index contributed by atoms with van der Waals surface area (Å²) in [6.45, 7) is 8.00. The van der Waals surface area contributed by atoms with Gasteiger partial charge in [-0.15, -0.1) is 0 Å². The largest absolute Gasteiger partial charge is 0.484 e. The molecule has 3 aromatic heterocycles. The van der Waals surface area contributed by atoms with Crippen LogP contribution < -0.4 is 4.74 Å². The molecule has 0 bridgehead atoms. The minimum Gasteiger partial charge on any atom is -0.484 e. The monoisotopic (exact) mass is 383 g/mol. The van der Waals surface area contributed by atoms with Gasteiger partial charge >= 0.3 is 0 Å². The van der Waals surface area contributed by atoms with Crippen LogP contribution in [0.3, 0.4) is 0 Å². The molecule has 1 amide bonds. The van der Waals surface area contributed by atoms with Gasteiger partial charge in [0, 0.05) is 37.1 Å². The molecule has 0 saturated heterocycles. The maximum atomic E-state index is 12.8. The van der Waals surface area contributed by atoms with Crippen molar-refractivity contribution in [1.29, 1.82) is 0 Å². The van der Waals surface area contributed by atoms with E-state index in [1.54, 1.807) is 24.2 Å². The van der Waals surface area contributed by atoms with Crippen molar-refractivity contribution in [3.8, 4) is 5.75 Å². The van der Waals surface area contributed by atoms with Gasteiger partial charge in [0.05, 0.1) is 17.9 Å². The Bertz CT molecular complexity index is 974. The molecule has 3 aromatic rings. The number of amides is 1. The van der Waals surface area contributed by atoms with E-state index in [9.17, 15) is 4.79 Å². The van der Waals surface area contributed by atoms with E-state index in [0.29, 0.717) is 11.5 Å². The molecular formula is C20H25N5O3. The summed E-state index contributed by atoms with van der Waals surface area (Å²) in [7, 11) is 3.65. The highest BCUT2D eigenvalue weighted by Gasteiger charge is 2.26. The fraction of sp³-hybridized carbons (Fsp3) is 0.400. The Kier molecular flexibility index (Phi) is 5.48. The molecule has 8 nitrogen and oxygen atoms in total. The van der Waals surface area contributed by atoms with Gasteiger partial charge in [-0.2, -0.15) is 5.10 Å². The van der Waals surface area contributed by atoms with E-state index >= 15 is 0 Å². The zero-order chi connectivity index (χ0) is 20.4. The molecule has 0 N–H and O–H groups in total. The van der Waals surface area contributed by atoms with Gasteiger partial charge in [-0.05, 0) is 39.8 Å². The fourth-order valence-corrected chi connectivity index (χ4v) is 3.12. The van der Waals surface area contributed by atoms with Crippen LogP contribution in [0.25, 0.3) is 0 Å². The summed E-state index contributed by atoms with van der Waals surface area (Å²) in [6, 6.07) is 5.16. The Labute approximate surface area is 164 Å². The highest BCUT2D eigenvalue weighted by molar-refractivity contribution is 5.92. The number of hydrogen-bond acceptors (Lipinski definition) is 6. The molecule has 28 heavy (non-hydrogen) atoms. The van der Waals surface area contributed by atoms with Crippen LogP contribution in [0.15, 0.2) is 28.9 Å². The molecule has 0 radical (unpaired) electrons. The summed E-state index contributed by atoms with van der Waals surface area (Å²) >= 11 is 0. The lowest BCUT2D eigenvalue weighted by atomic mass is 10.0. The van der Waals surface area contributed by atoms with E-state index in [1.165, 1.54) is 0 Å². The first kappa shape index (κ1) is 19.6. The lowest BCUT2D eigenvalue weighted by Gasteiger charge is -2.24. The third-order valence-corrected chi connectivity index (χ3v) is 4.93. The molecule has 0 aliphatic carbocycles. The maximum absolute atomic E-state index is 12.8. The molecule has 0 fully saturated rings. The van der Waals surface area contributed by atoms with Crippen LogP contribution in [0.5, 0.6) is 5.75 Å². The number of aromatic nitrogens is 4. The summed E-state index contributed by atoms with van der Waals surface area (Å²) in [6.07, 6.45) is 1.64. The van der Waals surface area contributed by atoms with Gasteiger partial charge in [-0.3, -0.25) is 14.5 Å². The quantitative estimate of drug-likeness (QED) is 0.650. The number of ether oxygens (including phenoxy) is 1. The van der Waals surface area contributed by atoms with E-state index < -0.39 is 0 Å². The predicted octanol–water partition coefficient (Wildman–Crippen LogP) is 3.14. The van der Waals surface area contributed by atoms with Crippen LogP contribution in [0, 0.1) is 20.8 Å². The van der Waals surface area contributed by atoms with Crippen LogP contribution in [-0.2, 0) is 13.7 Å². The average molecular weight is 383 g/mol. The number of carbonyl (C=O) groups excluding carboxylic acids is 1. The number of pyridine rings is 1. The van der Waals surface area contributed by atoms with E-state index in [-0.39, 0.29) is 24.2 Å². The fourth-order valence-electron chi connectivity index (χ4n) is 3.12. The molecule has 148 valence electrons. The van der Waals surface area contributed by atoms with Crippen LogP contribution in [0.1, 0.15) is 51.9 Å². The minimum atomic E-state index is -0.220. The molecule has 0 spiro atoms. The number of nitrogens with zero attached hydrogens (tertiary/aromatic N) is 5. The number of aryl methyl sites for hydroxylation is 3. The molecule has 0 aliphatic rings. The highest BCUT2D eigenvalue weighted by Crippen LogP contribution is 2.26. The van der Waals surface area contributed by atoms with Crippen molar-refractivity contribution in [2.24, 2.45) is 7.05 Å². The smallest absolute Gasteiger partial charge is 0.276 e. The van der Waals surface area contributed by atoms with Crippen molar-refractivity contribution >= 4 is 5.91 Å². The van der Waals surface area contributed by atoms with Gasteiger partial charge in [0.15, 0.2) is 11.5 Å². The van der Waals surface area contributed by atoms with Crippen LogP contribution >= 0.6 is 0 Å². The zero-order valence-electron chi connectivity index (χ0n) is 17.1. The first-order valence-electron chi connectivity index (χ1n) is 9.06. The molecule has 3 heterocycles. The third-order valence-electron chi connectivity index (χ3n) is 4.93. The van der Waals surface area contributed by atoms with Gasteiger partial charge in [0.25, 0.3) is 5.91 Å². The number of hydrogen-bond donors (Lipinski definition) is 0. The summed E-state index contributed by atoms with van der Waals surface area (Å²) in [5.41, 5.74) is 4.14. The SMILES string of the molecule is Cc1ccc(OCc2cc(C(=O)N(C)[C@@H](C)c3c(C)nn(C)c3C)no2)cn1. The van der Waals surface area contributed by atoms with Gasteiger partial charge in [0.2, 0.25) is 0 Å². The molecule has 0 aromatic carbocycles. The van der Waals surface area contributed by atoms with Crippen molar-refractivity contribution in [2.45, 2.75) is 40.3 Å². The number of carbonyl (C=O) groups is 1. The van der Waals surface area contributed by atoms with E-state index in [4.69, 9.17) is 9.26 Å². The van der Waals surface area contributed by atoms with Crippen LogP contribution in [0.2, 0.25) is 0 Å². The minimum absolute atomic E-state index is 0.142. The van der Waals surface area contributed by atoms with E-state index in [2.05, 4.69) is 15.2 Å². The second-order valence-corrected chi connectivity index (χ2v) is 6.90. The third kappa shape index (κ3) is 3.90. The summed E-state index contributed by atoms with van der Waals surface area (Å²) in [4.78, 5) is 18.7. The highest BCUT2D eigenvalue weighted by atomic mass is 16.5. The first-order valence-corrected chi connectivity index (χ1v) is 9.06. The molecular weight excluding hydrogens is 358 g/mol. The predicted molar refractivity (Wildman–Crippen MR) is 103 cm³/mol. The molecule has 3 rings (SSSR count). The molecule has 8 heteroatoms. The van der Waals surface area contributed by atoms with Gasteiger partial charge in [-0.25, -0.2) is 0 Å². The lowest BCUT2D eigenvalue weighted by Crippen LogP contribution is -2.30. The molecule has 0 aliphatic heterocycles. The second kappa shape index (κ2) is 7.84. The van der Waals surface area contributed by atoms with Gasteiger partial charge in [-0.1, -0.05) is 5.16 Å². The Balaban J connectivity index is 1.68. The Morgan fingerprint density at radius 3 is 2.68 bits per heavy atom. The van der Waals surface area contributed by atoms with Gasteiger partial charge < -0.3 is 14.2 Å². The first-order chi connectivity index (χ1) is 13.3. The normalized spacial score (nSPS) is 12.1. The van der Waals surface area contributed by atoms with Crippen molar-refractivity contribution in [3.63, 3.8) is 0 Å². The van der Waals surface area contributed by atoms with E-state index in [0.717, 1.165) is 22.6 Å². The summed E-state index contributed by atoms with van der Waals surface area (Å²) < 4.78 is 12.7. The van der Waals surface area contributed by atoms with Gasteiger partial charge in [0.1, 0.15) is 12.4 Å². The van der Waals surface area contributed by atoms with Crippen LogP contribution in [0.4, 0.5) is 0 Å². The maximum Gasteiger partial charge on any atom is 0.276 e. The van der Waals surface area contributed by atoms with Crippen molar-refractivity contribution < 1.29 is 14.1 Å². The topological polar surface area (TPSA) is 86.3 Å². The van der Waals surface area contributed by atoms with Crippen molar-refractivity contribution in [2.75, 3.05) is 7.05 Å². The lowest BCUT2D eigenvalue weighted by molar-refractivity contribution is 0.0731. The van der Waals surface area contributed by atoms with E-state index in [1.807, 2.05) is 51.6 Å². The summed E-state index contributed by atoms with van der Waals surface area (Å²) in [5, 5.41) is 8.34. The summed E-state index contributed by atoms with van der Waals surface area (Å²) in [5.74, 6) is 0.879. The average Bonchev–Trinajstić information content (AvgIpc) is 3.24.